The summed E-state index contributed by atoms with van der Waals surface area (Å²) in [6, 6.07) is 7.10. The first-order valence-electron chi connectivity index (χ1n) is 4.75. The third-order valence-corrected chi connectivity index (χ3v) is 2.52. The minimum atomic E-state index is -0.861. The summed E-state index contributed by atoms with van der Waals surface area (Å²) < 4.78 is 0. The van der Waals surface area contributed by atoms with E-state index >= 15 is 0 Å². The normalized spacial score (nSPS) is 16.5. The van der Waals surface area contributed by atoms with Crippen molar-refractivity contribution in [3.8, 4) is 0 Å². The highest BCUT2D eigenvalue weighted by molar-refractivity contribution is 5.88. The molecular formula is C11H13NO2. The molecule has 1 aromatic rings. The summed E-state index contributed by atoms with van der Waals surface area (Å²) in [6.07, 6.45) is 0. The molecule has 0 unspecified atom stereocenters. The van der Waals surface area contributed by atoms with E-state index in [0.717, 1.165) is 24.7 Å². The molecule has 3 nitrogen and oxygen atoms in total. The third kappa shape index (κ3) is 1.58. The van der Waals surface area contributed by atoms with Crippen molar-refractivity contribution < 1.29 is 9.90 Å². The number of nitrogens with zero attached hydrogens (tertiary/aromatic N) is 1. The van der Waals surface area contributed by atoms with Gasteiger partial charge in [0.2, 0.25) is 0 Å². The average molecular weight is 191 g/mol. The molecule has 0 radical (unpaired) electrons. The smallest absolute Gasteiger partial charge is 0.335 e. The second kappa shape index (κ2) is 3.33. The van der Waals surface area contributed by atoms with Crippen LogP contribution in [-0.4, -0.2) is 24.2 Å². The molecule has 1 heterocycles. The molecule has 1 N–H and O–H groups in total. The van der Waals surface area contributed by atoms with Crippen LogP contribution in [0.15, 0.2) is 24.3 Å². The molecule has 2 rings (SSSR count). The lowest BCUT2D eigenvalue weighted by atomic mass is 10.0. The first-order valence-corrected chi connectivity index (χ1v) is 4.75. The maximum absolute atomic E-state index is 10.7. The van der Waals surface area contributed by atoms with E-state index in [2.05, 4.69) is 11.8 Å². The Balaban J connectivity index is 2.18. The van der Waals surface area contributed by atoms with E-state index < -0.39 is 5.97 Å². The van der Waals surface area contributed by atoms with Crippen LogP contribution < -0.4 is 4.90 Å². The van der Waals surface area contributed by atoms with Crippen molar-refractivity contribution in [3.05, 3.63) is 29.8 Å². The number of aromatic carboxylic acids is 1. The molecule has 1 fully saturated rings. The maximum atomic E-state index is 10.7. The van der Waals surface area contributed by atoms with E-state index in [1.807, 2.05) is 6.07 Å². The highest BCUT2D eigenvalue weighted by Gasteiger charge is 2.22. The van der Waals surface area contributed by atoms with Gasteiger partial charge in [-0.1, -0.05) is 13.0 Å². The van der Waals surface area contributed by atoms with Crippen LogP contribution in [0, 0.1) is 5.92 Å². The van der Waals surface area contributed by atoms with Crippen molar-refractivity contribution in [1.82, 2.24) is 0 Å². The van der Waals surface area contributed by atoms with Crippen molar-refractivity contribution in [1.29, 1.82) is 0 Å². The molecule has 1 aromatic carbocycles. The second-order valence-electron chi connectivity index (χ2n) is 3.87. The quantitative estimate of drug-likeness (QED) is 0.775. The van der Waals surface area contributed by atoms with Crippen molar-refractivity contribution in [2.45, 2.75) is 6.92 Å². The third-order valence-electron chi connectivity index (χ3n) is 2.52. The zero-order chi connectivity index (χ0) is 10.1. The van der Waals surface area contributed by atoms with Gasteiger partial charge in [0.05, 0.1) is 5.56 Å². The molecule has 0 aromatic heterocycles. The predicted molar refractivity (Wildman–Crippen MR) is 54.8 cm³/mol. The molecule has 14 heavy (non-hydrogen) atoms. The summed E-state index contributed by atoms with van der Waals surface area (Å²) in [6.45, 7) is 4.25. The Morgan fingerprint density at radius 1 is 1.50 bits per heavy atom. The van der Waals surface area contributed by atoms with Gasteiger partial charge in [-0.15, -0.1) is 0 Å². The lowest BCUT2D eigenvalue weighted by Crippen LogP contribution is -2.45. The van der Waals surface area contributed by atoms with Crippen molar-refractivity contribution >= 4 is 11.7 Å². The fourth-order valence-electron chi connectivity index (χ4n) is 1.75. The number of carboxylic acid groups (broad SMARTS) is 1. The predicted octanol–water partition coefficient (Wildman–Crippen LogP) is 1.84. The van der Waals surface area contributed by atoms with E-state index in [-0.39, 0.29) is 0 Å². The van der Waals surface area contributed by atoms with Crippen LogP contribution in [0.4, 0.5) is 5.69 Å². The zero-order valence-electron chi connectivity index (χ0n) is 8.10. The molecule has 0 amide bonds. The average Bonchev–Trinajstić information content (AvgIpc) is 2.13. The maximum Gasteiger partial charge on any atom is 0.335 e. The first kappa shape index (κ1) is 9.06. The van der Waals surface area contributed by atoms with Crippen LogP contribution in [-0.2, 0) is 0 Å². The summed E-state index contributed by atoms with van der Waals surface area (Å²) in [7, 11) is 0. The highest BCUT2D eigenvalue weighted by Crippen LogP contribution is 2.24. The van der Waals surface area contributed by atoms with Gasteiger partial charge in [0.25, 0.3) is 0 Å². The lowest BCUT2D eigenvalue weighted by Gasteiger charge is -2.39. The molecule has 0 saturated carbocycles. The van der Waals surface area contributed by atoms with E-state index in [9.17, 15) is 4.79 Å². The number of carbonyl (C=O) groups is 1. The summed E-state index contributed by atoms with van der Waals surface area (Å²) in [5, 5.41) is 8.82. The van der Waals surface area contributed by atoms with Gasteiger partial charge >= 0.3 is 5.97 Å². The molecule has 1 aliphatic heterocycles. The molecule has 0 bridgehead atoms. The zero-order valence-corrected chi connectivity index (χ0v) is 8.10. The van der Waals surface area contributed by atoms with E-state index in [1.54, 1.807) is 18.2 Å². The standard InChI is InChI=1S/C11H13NO2/c1-8-6-12(7-8)10-4-2-3-9(5-10)11(13)14/h2-5,8H,6-7H2,1H3,(H,13,14). The second-order valence-corrected chi connectivity index (χ2v) is 3.87. The molecular weight excluding hydrogens is 178 g/mol. The molecule has 1 saturated heterocycles. The monoisotopic (exact) mass is 191 g/mol. The van der Waals surface area contributed by atoms with Crippen LogP contribution in [0.1, 0.15) is 17.3 Å². The fourth-order valence-corrected chi connectivity index (χ4v) is 1.75. The largest absolute Gasteiger partial charge is 0.478 e. The number of benzene rings is 1. The fraction of sp³-hybridized carbons (Fsp3) is 0.364. The van der Waals surface area contributed by atoms with Crippen molar-refractivity contribution in [2.24, 2.45) is 5.92 Å². The van der Waals surface area contributed by atoms with Gasteiger partial charge in [0, 0.05) is 18.8 Å². The summed E-state index contributed by atoms with van der Waals surface area (Å²) in [5.41, 5.74) is 1.38. The number of anilines is 1. The van der Waals surface area contributed by atoms with Gasteiger partial charge in [-0.25, -0.2) is 4.79 Å². The molecule has 3 heteroatoms. The van der Waals surface area contributed by atoms with E-state index in [0.29, 0.717) is 5.56 Å². The van der Waals surface area contributed by atoms with Gasteiger partial charge in [-0.05, 0) is 24.1 Å². The lowest BCUT2D eigenvalue weighted by molar-refractivity contribution is 0.0697. The number of hydrogen-bond acceptors (Lipinski definition) is 2. The molecule has 0 aliphatic carbocycles. The van der Waals surface area contributed by atoms with Crippen molar-refractivity contribution in [2.75, 3.05) is 18.0 Å². The Labute approximate surface area is 83.0 Å². The van der Waals surface area contributed by atoms with Crippen LogP contribution in [0.25, 0.3) is 0 Å². The molecule has 1 aliphatic rings. The molecule has 74 valence electrons. The topological polar surface area (TPSA) is 40.5 Å². The van der Waals surface area contributed by atoms with Crippen LogP contribution in [0.3, 0.4) is 0 Å². The van der Waals surface area contributed by atoms with Gasteiger partial charge in [0.1, 0.15) is 0 Å². The number of rotatable bonds is 2. The van der Waals surface area contributed by atoms with Crippen LogP contribution in [0.2, 0.25) is 0 Å². The highest BCUT2D eigenvalue weighted by atomic mass is 16.4. The van der Waals surface area contributed by atoms with E-state index in [4.69, 9.17) is 5.11 Å². The van der Waals surface area contributed by atoms with Crippen LogP contribution >= 0.6 is 0 Å². The Hall–Kier alpha value is -1.51. The molecule has 0 spiro atoms. The summed E-state index contributed by atoms with van der Waals surface area (Å²) in [4.78, 5) is 12.9. The van der Waals surface area contributed by atoms with Gasteiger partial charge < -0.3 is 10.0 Å². The minimum absolute atomic E-state index is 0.363. The Kier molecular flexibility index (Phi) is 2.15. The minimum Gasteiger partial charge on any atom is -0.478 e. The number of hydrogen-bond donors (Lipinski definition) is 1. The molecule has 0 atom stereocenters. The SMILES string of the molecule is CC1CN(c2cccc(C(=O)O)c2)C1. The number of carboxylic acids is 1. The van der Waals surface area contributed by atoms with Gasteiger partial charge in [-0.2, -0.15) is 0 Å². The Morgan fingerprint density at radius 3 is 2.79 bits per heavy atom. The van der Waals surface area contributed by atoms with E-state index in [1.165, 1.54) is 0 Å². The Bertz CT molecular complexity index is 356. The Morgan fingerprint density at radius 2 is 2.21 bits per heavy atom. The van der Waals surface area contributed by atoms with Crippen LogP contribution in [0.5, 0.6) is 0 Å². The summed E-state index contributed by atoms with van der Waals surface area (Å²) in [5.74, 6) is -0.135. The van der Waals surface area contributed by atoms with Crippen molar-refractivity contribution in [3.63, 3.8) is 0 Å². The van der Waals surface area contributed by atoms with Gasteiger partial charge in [0.15, 0.2) is 0 Å². The first-order chi connectivity index (χ1) is 6.66. The summed E-state index contributed by atoms with van der Waals surface area (Å²) >= 11 is 0. The van der Waals surface area contributed by atoms with Gasteiger partial charge in [-0.3, -0.25) is 0 Å².